The first-order valence-electron chi connectivity index (χ1n) is 4.78. The molecule has 0 aromatic carbocycles. The molecule has 0 saturated carbocycles. The molecule has 0 unspecified atom stereocenters. The van der Waals surface area contributed by atoms with Crippen molar-refractivity contribution in [2.24, 2.45) is 7.05 Å². The minimum atomic E-state index is -0.312. The molecule has 0 atom stereocenters. The Morgan fingerprint density at radius 3 is 2.53 bits per heavy atom. The van der Waals surface area contributed by atoms with E-state index in [1.54, 1.807) is 12.3 Å². The molecule has 2 aromatic heterocycles. The van der Waals surface area contributed by atoms with Crippen LogP contribution in [0.5, 0.6) is 0 Å². The Balaban J connectivity index is 0.000000437. The van der Waals surface area contributed by atoms with Crippen LogP contribution >= 0.6 is 0 Å². The smallest absolute Gasteiger partial charge is 0.290 e. The number of pyridine rings is 1. The summed E-state index contributed by atoms with van der Waals surface area (Å²) < 4.78 is 15.6. The molecule has 5 nitrogen and oxygen atoms in total. The topological polar surface area (TPSA) is 68.0 Å². The molecule has 17 heavy (non-hydrogen) atoms. The van der Waals surface area contributed by atoms with E-state index in [0.29, 0.717) is 0 Å². The van der Waals surface area contributed by atoms with Crippen molar-refractivity contribution >= 4 is 37.3 Å². The van der Waals surface area contributed by atoms with Crippen molar-refractivity contribution in [3.63, 3.8) is 0 Å². The van der Waals surface area contributed by atoms with Gasteiger partial charge in [-0.2, -0.15) is 0 Å². The molecule has 84 valence electrons. The van der Waals surface area contributed by atoms with E-state index in [4.69, 9.17) is 9.90 Å². The second kappa shape index (κ2) is 6.48. The molecule has 2 heterocycles. The van der Waals surface area contributed by atoms with Gasteiger partial charge >= 0.3 is 98.7 Å². The maximum absolute atomic E-state index is 12.6. The van der Waals surface area contributed by atoms with Crippen LogP contribution in [0.2, 0.25) is 0 Å². The average Bonchev–Trinajstić information content (AvgIpc) is 2.63. The summed E-state index contributed by atoms with van der Waals surface area (Å²) in [5.41, 5.74) is 1.78. The normalized spacial score (nSPS) is 9.41. The van der Waals surface area contributed by atoms with E-state index in [9.17, 15) is 4.39 Å². The predicted octanol–water partition coefficient (Wildman–Crippen LogP) is 0.116. The van der Waals surface area contributed by atoms with E-state index in [-0.39, 0.29) is 12.3 Å². The third-order valence-electron chi connectivity index (χ3n) is 2.24. The number of hydrogen-bond donors (Lipinski definition) is 1. The van der Waals surface area contributed by atoms with Crippen LogP contribution < -0.4 is 2.94 Å². The Morgan fingerprint density at radius 2 is 2.12 bits per heavy atom. The molecule has 0 aliphatic rings. The van der Waals surface area contributed by atoms with Crippen molar-refractivity contribution in [2.75, 3.05) is 0 Å². The van der Waals surface area contributed by atoms with Gasteiger partial charge in [0, 0.05) is 0 Å². The van der Waals surface area contributed by atoms with E-state index >= 15 is 0 Å². The average molecular weight is 245 g/mol. The third kappa shape index (κ3) is 3.62. The van der Waals surface area contributed by atoms with Gasteiger partial charge < -0.3 is 5.11 Å². The van der Waals surface area contributed by atoms with Crippen molar-refractivity contribution < 1.29 is 14.3 Å². The molecule has 0 saturated heterocycles. The number of hydrogen-bond acceptors (Lipinski definition) is 3. The fourth-order valence-electron chi connectivity index (χ4n) is 1.29. The maximum Gasteiger partial charge on any atom is 0.290 e. The largest absolute Gasteiger partial charge is 0.483 e. The molecular formula is C10H9FN3NaO2. The SMILES string of the molecule is Cn1ncc(-c2ccc(F)cn2)[c]1[Na].O=CO. The maximum atomic E-state index is 12.6. The van der Waals surface area contributed by atoms with Crippen LogP contribution in [0, 0.1) is 5.82 Å². The number of nitrogens with zero attached hydrogens (tertiary/aromatic N) is 3. The van der Waals surface area contributed by atoms with Gasteiger partial charge in [0.25, 0.3) is 6.47 Å². The summed E-state index contributed by atoms with van der Waals surface area (Å²) in [6.07, 6.45) is 2.99. The summed E-state index contributed by atoms with van der Waals surface area (Å²) in [4.78, 5) is 12.4. The van der Waals surface area contributed by atoms with Crippen LogP contribution in [0.15, 0.2) is 24.5 Å². The first-order valence-corrected chi connectivity index (χ1v) is 5.78. The fourth-order valence-corrected chi connectivity index (χ4v) is 1.79. The van der Waals surface area contributed by atoms with Gasteiger partial charge in [0.15, 0.2) is 0 Å². The fraction of sp³-hybridized carbons (Fsp3) is 0.100. The zero-order valence-electron chi connectivity index (χ0n) is 9.46. The van der Waals surface area contributed by atoms with E-state index in [2.05, 4.69) is 10.1 Å². The number of carboxylic acid groups (broad SMARTS) is 1. The minimum Gasteiger partial charge on any atom is -0.483 e. The second-order valence-corrected chi connectivity index (χ2v) is 4.18. The quantitative estimate of drug-likeness (QED) is 0.572. The third-order valence-corrected chi connectivity index (χ3v) is 3.42. The summed E-state index contributed by atoms with van der Waals surface area (Å²) >= 11 is 0.900. The van der Waals surface area contributed by atoms with E-state index in [1.165, 1.54) is 12.3 Å². The summed E-state index contributed by atoms with van der Waals surface area (Å²) in [5, 5.41) is 11.0. The standard InChI is InChI=1S/C9H7FN3.CH2O2.Na/c1-13-6-7(4-12-13)9-3-2-8(10)5-11-9;2-1-3;/h2-5H,1H3;1H,(H,2,3);. The molecule has 0 aliphatic carbocycles. The number of rotatable bonds is 1. The Hall–Kier alpha value is -1.24. The zero-order valence-corrected chi connectivity index (χ0v) is 11.5. The van der Waals surface area contributed by atoms with Crippen molar-refractivity contribution in [3.05, 3.63) is 30.3 Å². The number of carbonyl (C=O) groups is 1. The Bertz CT molecular complexity index is 499. The number of aromatic nitrogens is 3. The van der Waals surface area contributed by atoms with Crippen molar-refractivity contribution in [1.29, 1.82) is 0 Å². The van der Waals surface area contributed by atoms with Crippen molar-refractivity contribution in [2.45, 2.75) is 0 Å². The first kappa shape index (κ1) is 13.8. The van der Waals surface area contributed by atoms with Gasteiger partial charge in [-0.25, -0.2) is 0 Å². The molecule has 0 spiro atoms. The molecule has 1 N–H and O–H groups in total. The molecule has 0 bridgehead atoms. The van der Waals surface area contributed by atoms with Gasteiger partial charge in [0.1, 0.15) is 0 Å². The monoisotopic (exact) mass is 245 g/mol. The van der Waals surface area contributed by atoms with Gasteiger partial charge in [0.2, 0.25) is 0 Å². The Morgan fingerprint density at radius 1 is 1.47 bits per heavy atom. The van der Waals surface area contributed by atoms with Gasteiger partial charge in [-0.1, -0.05) is 0 Å². The van der Waals surface area contributed by atoms with Crippen LogP contribution in [0.4, 0.5) is 4.39 Å². The van der Waals surface area contributed by atoms with Crippen LogP contribution in [-0.2, 0) is 11.8 Å². The number of halogens is 1. The van der Waals surface area contributed by atoms with Crippen molar-refractivity contribution in [1.82, 2.24) is 14.8 Å². The molecule has 7 heteroatoms. The molecule has 0 radical (unpaired) electrons. The van der Waals surface area contributed by atoms with Gasteiger partial charge in [-0.15, -0.1) is 0 Å². The Labute approximate surface area is 115 Å². The molecule has 0 aliphatic heterocycles. The predicted molar refractivity (Wildman–Crippen MR) is 60.5 cm³/mol. The molecule has 0 fully saturated rings. The molecule has 2 rings (SSSR count). The number of aryl methyl sites for hydroxylation is 1. The van der Waals surface area contributed by atoms with Crippen LogP contribution in [0.3, 0.4) is 0 Å². The molecular weight excluding hydrogens is 236 g/mol. The van der Waals surface area contributed by atoms with Crippen LogP contribution in [0.25, 0.3) is 11.3 Å². The second-order valence-electron chi connectivity index (χ2n) is 3.23. The van der Waals surface area contributed by atoms with Crippen molar-refractivity contribution in [3.8, 4) is 11.3 Å². The minimum absolute atomic E-state index is 0.250. The van der Waals surface area contributed by atoms with E-state index in [0.717, 1.165) is 42.1 Å². The summed E-state index contributed by atoms with van der Waals surface area (Å²) in [6.45, 7) is -0.250. The zero-order chi connectivity index (χ0) is 12.8. The molecule has 2 aromatic rings. The van der Waals surface area contributed by atoms with Gasteiger partial charge in [-0.3, -0.25) is 4.79 Å². The Kier molecular flexibility index (Phi) is 5.27. The van der Waals surface area contributed by atoms with Crippen LogP contribution in [-0.4, -0.2) is 54.3 Å². The van der Waals surface area contributed by atoms with Gasteiger partial charge in [0.05, 0.1) is 0 Å². The van der Waals surface area contributed by atoms with Crippen LogP contribution in [0.1, 0.15) is 0 Å². The van der Waals surface area contributed by atoms with E-state index < -0.39 is 0 Å². The van der Waals surface area contributed by atoms with Gasteiger partial charge in [-0.05, 0) is 0 Å². The molecule has 0 amide bonds. The summed E-state index contributed by atoms with van der Waals surface area (Å²) in [5.74, 6) is -0.312. The summed E-state index contributed by atoms with van der Waals surface area (Å²) in [7, 11) is 1.90. The first-order chi connectivity index (χ1) is 8.10. The van der Waals surface area contributed by atoms with E-state index in [1.807, 2.05) is 11.7 Å². The summed E-state index contributed by atoms with van der Waals surface area (Å²) in [6, 6.07) is 3.09.